The normalized spacial score (nSPS) is 15.9. The third-order valence-electron chi connectivity index (χ3n) is 4.78. The first-order valence-electron chi connectivity index (χ1n) is 9.52. The topological polar surface area (TPSA) is 188 Å². The van der Waals surface area contributed by atoms with Gasteiger partial charge in [0.05, 0.1) is 12.5 Å². The molecule has 0 aromatic heterocycles. The first-order valence-corrected chi connectivity index (χ1v) is 9.52. The van der Waals surface area contributed by atoms with Crippen LogP contribution >= 0.6 is 0 Å². The van der Waals surface area contributed by atoms with E-state index in [1.54, 1.807) is 20.8 Å². The van der Waals surface area contributed by atoms with Crippen molar-refractivity contribution in [2.45, 2.75) is 65.1 Å². The first-order chi connectivity index (χ1) is 13.4. The summed E-state index contributed by atoms with van der Waals surface area (Å²) in [5, 5.41) is 24.7. The van der Waals surface area contributed by atoms with Crippen molar-refractivity contribution < 1.29 is 34.2 Å². The number of amides is 3. The Morgan fingerprint density at radius 3 is 1.83 bits per heavy atom. The van der Waals surface area contributed by atoms with Crippen LogP contribution in [-0.2, 0) is 24.0 Å². The molecule has 166 valence electrons. The summed E-state index contributed by atoms with van der Waals surface area (Å²) in [6.07, 6.45) is 0.402. The molecule has 0 aromatic rings. The highest BCUT2D eigenvalue weighted by Gasteiger charge is 2.32. The zero-order chi connectivity index (χ0) is 22.7. The average molecular weight is 416 g/mol. The van der Waals surface area contributed by atoms with E-state index in [0.717, 1.165) is 0 Å². The highest BCUT2D eigenvalue weighted by molar-refractivity contribution is 5.95. The summed E-state index contributed by atoms with van der Waals surface area (Å²) in [5.74, 6) is -5.37. The van der Waals surface area contributed by atoms with Crippen LogP contribution in [0.2, 0.25) is 0 Å². The maximum absolute atomic E-state index is 12.6. The highest BCUT2D eigenvalue weighted by Crippen LogP contribution is 2.10. The number of hydrogen-bond donors (Lipinski definition) is 6. The van der Waals surface area contributed by atoms with Crippen molar-refractivity contribution in [1.82, 2.24) is 16.0 Å². The monoisotopic (exact) mass is 416 g/mol. The third-order valence-corrected chi connectivity index (χ3v) is 4.78. The van der Waals surface area contributed by atoms with Crippen LogP contribution in [0.25, 0.3) is 0 Å². The van der Waals surface area contributed by atoms with E-state index in [0.29, 0.717) is 12.8 Å². The lowest BCUT2D eigenvalue weighted by Gasteiger charge is -2.27. The predicted octanol–water partition coefficient (Wildman–Crippen LogP) is -0.949. The van der Waals surface area contributed by atoms with Gasteiger partial charge in [-0.05, 0) is 11.8 Å². The Hall–Kier alpha value is -2.69. The SMILES string of the molecule is CCC(C)C(N)C(=O)NC(CC(=O)O)C(=O)NC(C(=O)NCC(=O)O)C(C)CC. The molecule has 11 heteroatoms. The molecule has 11 nitrogen and oxygen atoms in total. The number of carboxylic acids is 2. The van der Waals surface area contributed by atoms with Gasteiger partial charge in [-0.2, -0.15) is 0 Å². The number of carbonyl (C=O) groups excluding carboxylic acids is 3. The fourth-order valence-electron chi connectivity index (χ4n) is 2.39. The molecule has 29 heavy (non-hydrogen) atoms. The van der Waals surface area contributed by atoms with Gasteiger partial charge in [0.2, 0.25) is 17.7 Å². The number of rotatable bonds is 13. The van der Waals surface area contributed by atoms with Crippen LogP contribution in [0, 0.1) is 11.8 Å². The summed E-state index contributed by atoms with van der Waals surface area (Å²) in [6, 6.07) is -3.45. The minimum absolute atomic E-state index is 0.182. The summed E-state index contributed by atoms with van der Waals surface area (Å²) in [4.78, 5) is 59.0. The lowest BCUT2D eigenvalue weighted by atomic mass is 9.97. The molecule has 0 fully saturated rings. The maximum atomic E-state index is 12.6. The van der Waals surface area contributed by atoms with E-state index in [4.69, 9.17) is 15.9 Å². The first kappa shape index (κ1) is 26.3. The third kappa shape index (κ3) is 9.37. The van der Waals surface area contributed by atoms with Crippen molar-refractivity contribution in [2.24, 2.45) is 17.6 Å². The van der Waals surface area contributed by atoms with Crippen LogP contribution in [0.1, 0.15) is 47.0 Å². The highest BCUT2D eigenvalue weighted by atomic mass is 16.4. The van der Waals surface area contributed by atoms with Crippen molar-refractivity contribution in [3.05, 3.63) is 0 Å². The average Bonchev–Trinajstić information content (AvgIpc) is 2.66. The maximum Gasteiger partial charge on any atom is 0.322 e. The van der Waals surface area contributed by atoms with Gasteiger partial charge < -0.3 is 31.9 Å². The molecule has 0 aliphatic heterocycles. The second-order valence-corrected chi connectivity index (χ2v) is 7.05. The van der Waals surface area contributed by atoms with Crippen molar-refractivity contribution >= 4 is 29.7 Å². The van der Waals surface area contributed by atoms with Gasteiger partial charge in [-0.15, -0.1) is 0 Å². The smallest absolute Gasteiger partial charge is 0.322 e. The van der Waals surface area contributed by atoms with E-state index in [1.807, 2.05) is 6.92 Å². The van der Waals surface area contributed by atoms with Crippen molar-refractivity contribution in [2.75, 3.05) is 6.54 Å². The standard InChI is InChI=1S/C18H32N4O7/c1-5-9(3)14(19)17(28)21-11(7-12(23)24)16(27)22-15(10(4)6-2)18(29)20-8-13(25)26/h9-11,14-15H,5-8,19H2,1-4H3,(H,20,29)(H,21,28)(H,22,27)(H,23,24)(H,25,26). The fourth-order valence-corrected chi connectivity index (χ4v) is 2.39. The molecule has 0 radical (unpaired) electrons. The summed E-state index contributed by atoms with van der Waals surface area (Å²) in [7, 11) is 0. The molecule has 7 N–H and O–H groups in total. The Bertz CT molecular complexity index is 611. The van der Waals surface area contributed by atoms with Gasteiger partial charge in [0.1, 0.15) is 18.6 Å². The van der Waals surface area contributed by atoms with E-state index >= 15 is 0 Å². The Labute approximate surface area is 169 Å². The number of nitrogens with two attached hydrogens (primary N) is 1. The molecule has 5 unspecified atom stereocenters. The molecule has 3 amide bonds. The fraction of sp³-hybridized carbons (Fsp3) is 0.722. The van der Waals surface area contributed by atoms with E-state index in [-0.39, 0.29) is 11.8 Å². The zero-order valence-electron chi connectivity index (χ0n) is 17.2. The molecule has 0 spiro atoms. The largest absolute Gasteiger partial charge is 0.481 e. The van der Waals surface area contributed by atoms with Crippen molar-refractivity contribution in [1.29, 1.82) is 0 Å². The molecule has 5 atom stereocenters. The van der Waals surface area contributed by atoms with Crippen LogP contribution in [0.5, 0.6) is 0 Å². The molecule has 0 aliphatic carbocycles. The lowest BCUT2D eigenvalue weighted by Crippen LogP contribution is -2.58. The number of hydrogen-bond acceptors (Lipinski definition) is 6. The van der Waals surface area contributed by atoms with Crippen molar-refractivity contribution in [3.63, 3.8) is 0 Å². The quantitative estimate of drug-likeness (QED) is 0.221. The van der Waals surface area contributed by atoms with Gasteiger partial charge in [-0.1, -0.05) is 40.5 Å². The minimum Gasteiger partial charge on any atom is -0.481 e. The Morgan fingerprint density at radius 1 is 0.828 bits per heavy atom. The number of aliphatic carboxylic acids is 2. The Balaban J connectivity index is 5.37. The molecule has 0 bridgehead atoms. The Morgan fingerprint density at radius 2 is 1.38 bits per heavy atom. The summed E-state index contributed by atoms with van der Waals surface area (Å²) >= 11 is 0. The van der Waals surface area contributed by atoms with Gasteiger partial charge in [0.15, 0.2) is 0 Å². The van der Waals surface area contributed by atoms with Gasteiger partial charge in [-0.3, -0.25) is 24.0 Å². The van der Waals surface area contributed by atoms with Gasteiger partial charge >= 0.3 is 11.9 Å². The van der Waals surface area contributed by atoms with Gasteiger partial charge in [-0.25, -0.2) is 0 Å². The van der Waals surface area contributed by atoms with Crippen LogP contribution < -0.4 is 21.7 Å². The second kappa shape index (κ2) is 12.7. The molecular weight excluding hydrogens is 384 g/mol. The second-order valence-electron chi connectivity index (χ2n) is 7.05. The van der Waals surface area contributed by atoms with E-state index in [1.165, 1.54) is 0 Å². The molecule has 0 aromatic carbocycles. The molecular formula is C18H32N4O7. The van der Waals surface area contributed by atoms with Crippen LogP contribution in [-0.4, -0.2) is 64.5 Å². The number of carbonyl (C=O) groups is 5. The van der Waals surface area contributed by atoms with Crippen LogP contribution in [0.4, 0.5) is 0 Å². The van der Waals surface area contributed by atoms with Crippen molar-refractivity contribution in [3.8, 4) is 0 Å². The summed E-state index contributed by atoms with van der Waals surface area (Å²) < 4.78 is 0. The summed E-state index contributed by atoms with van der Waals surface area (Å²) in [5.41, 5.74) is 5.83. The molecule has 0 heterocycles. The zero-order valence-corrected chi connectivity index (χ0v) is 17.2. The van der Waals surface area contributed by atoms with E-state index in [2.05, 4.69) is 16.0 Å². The van der Waals surface area contributed by atoms with Gasteiger partial charge in [0.25, 0.3) is 0 Å². The molecule has 0 aliphatic rings. The Kier molecular flexibility index (Phi) is 11.5. The molecule has 0 rings (SSSR count). The summed E-state index contributed by atoms with van der Waals surface area (Å²) in [6.45, 7) is 6.42. The predicted molar refractivity (Wildman–Crippen MR) is 104 cm³/mol. The van der Waals surface area contributed by atoms with E-state index < -0.39 is 60.8 Å². The van der Waals surface area contributed by atoms with Gasteiger partial charge in [0, 0.05) is 0 Å². The van der Waals surface area contributed by atoms with Crippen LogP contribution in [0.15, 0.2) is 0 Å². The van der Waals surface area contributed by atoms with Crippen LogP contribution in [0.3, 0.4) is 0 Å². The number of carboxylic acid groups (broad SMARTS) is 2. The molecule has 0 saturated heterocycles. The molecule has 0 saturated carbocycles. The number of nitrogens with one attached hydrogen (secondary N) is 3. The van der Waals surface area contributed by atoms with E-state index in [9.17, 15) is 24.0 Å². The minimum atomic E-state index is -1.44. The lowest BCUT2D eigenvalue weighted by molar-refractivity contribution is -0.142.